The zero-order valence-corrected chi connectivity index (χ0v) is 11.0. The molecular weight excluding hydrogens is 278 g/mol. The summed E-state index contributed by atoms with van der Waals surface area (Å²) in [6.07, 6.45) is 7.64. The molecule has 0 N–H and O–H groups in total. The van der Waals surface area contributed by atoms with Gasteiger partial charge in [0.15, 0.2) is 0 Å². The fraction of sp³-hybridized carbons (Fsp3) is 0.0714. The van der Waals surface area contributed by atoms with E-state index >= 15 is 0 Å². The minimum atomic E-state index is 0.861. The highest BCUT2D eigenvalue weighted by molar-refractivity contribution is 9.10. The molecule has 0 amide bonds. The third-order valence-corrected chi connectivity index (χ3v) is 2.72. The Morgan fingerprint density at radius 3 is 2.71 bits per heavy atom. The van der Waals surface area contributed by atoms with Gasteiger partial charge in [-0.05, 0) is 45.3 Å². The van der Waals surface area contributed by atoms with Crippen LogP contribution in [0.1, 0.15) is 11.1 Å². The summed E-state index contributed by atoms with van der Waals surface area (Å²) in [7, 11) is 1.67. The Hall–Kier alpha value is -1.61. The molecular formula is C14H12BrNO. The second-order valence-electron chi connectivity index (χ2n) is 3.55. The van der Waals surface area contributed by atoms with Crippen molar-refractivity contribution in [1.82, 2.24) is 4.98 Å². The maximum Gasteiger partial charge on any atom is 0.119 e. The van der Waals surface area contributed by atoms with Crippen molar-refractivity contribution in [3.05, 3.63) is 58.3 Å². The topological polar surface area (TPSA) is 22.1 Å². The smallest absolute Gasteiger partial charge is 0.119 e. The van der Waals surface area contributed by atoms with Gasteiger partial charge in [0.25, 0.3) is 0 Å². The molecule has 0 fully saturated rings. The Bertz CT molecular complexity index is 537. The summed E-state index contributed by atoms with van der Waals surface area (Å²) in [6, 6.07) is 9.94. The number of pyridine rings is 1. The molecule has 0 aliphatic carbocycles. The third-order valence-electron chi connectivity index (χ3n) is 2.29. The van der Waals surface area contributed by atoms with E-state index in [4.69, 9.17) is 4.74 Å². The van der Waals surface area contributed by atoms with Crippen molar-refractivity contribution in [2.45, 2.75) is 0 Å². The number of ether oxygens (including phenoxy) is 1. The van der Waals surface area contributed by atoms with Gasteiger partial charge < -0.3 is 4.74 Å². The van der Waals surface area contributed by atoms with E-state index in [2.05, 4.69) is 20.9 Å². The van der Waals surface area contributed by atoms with Crippen LogP contribution in [-0.2, 0) is 0 Å². The molecule has 0 bridgehead atoms. The van der Waals surface area contributed by atoms with Gasteiger partial charge in [0.1, 0.15) is 5.75 Å². The van der Waals surface area contributed by atoms with E-state index in [0.29, 0.717) is 0 Å². The van der Waals surface area contributed by atoms with E-state index in [1.165, 1.54) is 0 Å². The average Bonchev–Trinajstić information content (AvgIpc) is 2.37. The van der Waals surface area contributed by atoms with Crippen molar-refractivity contribution < 1.29 is 4.74 Å². The maximum absolute atomic E-state index is 5.17. The maximum atomic E-state index is 5.17. The highest BCUT2D eigenvalue weighted by atomic mass is 79.9. The Balaban J connectivity index is 2.19. The zero-order chi connectivity index (χ0) is 12.1. The lowest BCUT2D eigenvalue weighted by Crippen LogP contribution is -1.82. The first-order valence-corrected chi connectivity index (χ1v) is 6.00. The number of benzene rings is 1. The number of hydrogen-bond donors (Lipinski definition) is 0. The van der Waals surface area contributed by atoms with E-state index < -0.39 is 0 Å². The highest BCUT2D eigenvalue weighted by Crippen LogP contribution is 2.16. The molecule has 0 unspecified atom stereocenters. The Kier molecular flexibility index (Phi) is 3.94. The van der Waals surface area contributed by atoms with Gasteiger partial charge in [-0.2, -0.15) is 0 Å². The first-order valence-electron chi connectivity index (χ1n) is 5.20. The van der Waals surface area contributed by atoms with E-state index in [9.17, 15) is 0 Å². The van der Waals surface area contributed by atoms with Crippen LogP contribution in [0.25, 0.3) is 12.2 Å². The van der Waals surface area contributed by atoms with E-state index in [-0.39, 0.29) is 0 Å². The molecule has 1 aromatic heterocycles. The molecule has 0 saturated heterocycles. The van der Waals surface area contributed by atoms with Gasteiger partial charge in [-0.15, -0.1) is 0 Å². The van der Waals surface area contributed by atoms with Gasteiger partial charge >= 0.3 is 0 Å². The van der Waals surface area contributed by atoms with Crippen LogP contribution in [0.4, 0.5) is 0 Å². The molecule has 0 aliphatic heterocycles. The number of methoxy groups -OCH3 is 1. The molecule has 86 valence electrons. The molecule has 0 atom stereocenters. The lowest BCUT2D eigenvalue weighted by Gasteiger charge is -2.00. The largest absolute Gasteiger partial charge is 0.497 e. The van der Waals surface area contributed by atoms with Crippen LogP contribution >= 0.6 is 15.9 Å². The zero-order valence-electron chi connectivity index (χ0n) is 9.43. The molecule has 2 nitrogen and oxygen atoms in total. The van der Waals surface area contributed by atoms with Crippen LogP contribution in [0.3, 0.4) is 0 Å². The van der Waals surface area contributed by atoms with Crippen molar-refractivity contribution >= 4 is 28.1 Å². The lowest BCUT2D eigenvalue weighted by atomic mass is 10.1. The molecule has 0 aliphatic rings. The first-order chi connectivity index (χ1) is 8.28. The molecule has 2 aromatic rings. The van der Waals surface area contributed by atoms with E-state index in [1.807, 2.05) is 48.7 Å². The standard InChI is InChI=1S/C14H12BrNO/c1-17-14-4-2-3-11(8-14)5-6-12-7-13(15)10-16-9-12/h2-10H,1H3/b6-5+. The Morgan fingerprint density at radius 1 is 1.12 bits per heavy atom. The summed E-state index contributed by atoms with van der Waals surface area (Å²) in [6.45, 7) is 0. The monoisotopic (exact) mass is 289 g/mol. The van der Waals surface area contributed by atoms with Gasteiger partial charge in [0, 0.05) is 16.9 Å². The van der Waals surface area contributed by atoms with Crippen LogP contribution in [0.5, 0.6) is 5.75 Å². The molecule has 1 aromatic carbocycles. The normalized spacial score (nSPS) is 10.7. The number of rotatable bonds is 3. The van der Waals surface area contributed by atoms with Gasteiger partial charge in [0.05, 0.1) is 7.11 Å². The summed E-state index contributed by atoms with van der Waals surface area (Å²) in [5, 5.41) is 0. The minimum absolute atomic E-state index is 0.861. The van der Waals surface area contributed by atoms with E-state index in [0.717, 1.165) is 21.3 Å². The summed E-state index contributed by atoms with van der Waals surface area (Å²) < 4.78 is 6.15. The van der Waals surface area contributed by atoms with Crippen molar-refractivity contribution in [1.29, 1.82) is 0 Å². The van der Waals surface area contributed by atoms with Crippen LogP contribution in [0.2, 0.25) is 0 Å². The molecule has 3 heteroatoms. The molecule has 1 heterocycles. The fourth-order valence-electron chi connectivity index (χ4n) is 1.46. The molecule has 17 heavy (non-hydrogen) atoms. The summed E-state index contributed by atoms with van der Waals surface area (Å²) in [5.74, 6) is 0.861. The lowest BCUT2D eigenvalue weighted by molar-refractivity contribution is 0.414. The van der Waals surface area contributed by atoms with Crippen LogP contribution in [-0.4, -0.2) is 12.1 Å². The number of hydrogen-bond acceptors (Lipinski definition) is 2. The SMILES string of the molecule is COc1cccc(/C=C/c2cncc(Br)c2)c1. The van der Waals surface area contributed by atoms with Crippen molar-refractivity contribution in [2.75, 3.05) is 7.11 Å². The second-order valence-corrected chi connectivity index (χ2v) is 4.46. The molecule has 0 spiro atoms. The second kappa shape index (κ2) is 5.64. The van der Waals surface area contributed by atoms with E-state index in [1.54, 1.807) is 13.3 Å². The van der Waals surface area contributed by atoms with Gasteiger partial charge in [-0.3, -0.25) is 4.98 Å². The predicted molar refractivity (Wildman–Crippen MR) is 73.9 cm³/mol. The fourth-order valence-corrected chi connectivity index (χ4v) is 1.84. The molecule has 2 rings (SSSR count). The van der Waals surface area contributed by atoms with Gasteiger partial charge in [0.2, 0.25) is 0 Å². The molecule has 0 saturated carbocycles. The summed E-state index contributed by atoms with van der Waals surface area (Å²) in [5.41, 5.74) is 2.16. The Morgan fingerprint density at radius 2 is 1.94 bits per heavy atom. The van der Waals surface area contributed by atoms with Gasteiger partial charge in [-0.25, -0.2) is 0 Å². The highest BCUT2D eigenvalue weighted by Gasteiger charge is 1.93. The quantitative estimate of drug-likeness (QED) is 0.851. The van der Waals surface area contributed by atoms with Gasteiger partial charge in [-0.1, -0.05) is 24.3 Å². The first kappa shape index (κ1) is 11.9. The summed E-state index contributed by atoms with van der Waals surface area (Å²) >= 11 is 3.39. The number of nitrogens with zero attached hydrogens (tertiary/aromatic N) is 1. The summed E-state index contributed by atoms with van der Waals surface area (Å²) in [4.78, 5) is 4.11. The number of halogens is 1. The van der Waals surface area contributed by atoms with Crippen molar-refractivity contribution in [3.63, 3.8) is 0 Å². The average molecular weight is 290 g/mol. The minimum Gasteiger partial charge on any atom is -0.497 e. The van der Waals surface area contributed by atoms with Crippen molar-refractivity contribution in [3.8, 4) is 5.75 Å². The van der Waals surface area contributed by atoms with Crippen molar-refractivity contribution in [2.24, 2.45) is 0 Å². The Labute approximate surface area is 109 Å². The van der Waals surface area contributed by atoms with Crippen LogP contribution in [0.15, 0.2) is 47.2 Å². The number of aromatic nitrogens is 1. The third kappa shape index (κ3) is 3.43. The predicted octanol–water partition coefficient (Wildman–Crippen LogP) is 4.02. The van der Waals surface area contributed by atoms with Crippen LogP contribution in [0, 0.1) is 0 Å². The van der Waals surface area contributed by atoms with Crippen LogP contribution < -0.4 is 4.74 Å². The molecule has 0 radical (unpaired) electrons.